The van der Waals surface area contributed by atoms with Crippen molar-refractivity contribution in [1.29, 1.82) is 0 Å². The molecule has 0 fully saturated rings. The van der Waals surface area contributed by atoms with E-state index in [0.717, 1.165) is 22.7 Å². The zero-order chi connectivity index (χ0) is 11.0. The van der Waals surface area contributed by atoms with E-state index in [9.17, 15) is 4.79 Å². The van der Waals surface area contributed by atoms with Crippen LogP contribution in [0, 0.1) is 0 Å². The molecule has 2 rings (SSSR count). The Kier molecular flexibility index (Phi) is 2.65. The normalized spacial score (nSPS) is 19.4. The van der Waals surface area contributed by atoms with Gasteiger partial charge < -0.3 is 10.2 Å². The number of nitrogens with zero attached hydrogens (tertiary/aromatic N) is 2. The molecule has 1 atom stereocenters. The number of amides is 1. The van der Waals surface area contributed by atoms with E-state index >= 15 is 0 Å². The highest BCUT2D eigenvalue weighted by atomic mass is 79.9. The first-order valence-electron chi connectivity index (χ1n) is 4.80. The number of carbonyl (C=O) groups is 1. The second kappa shape index (κ2) is 3.81. The van der Waals surface area contributed by atoms with Crippen LogP contribution in [0.2, 0.25) is 0 Å². The van der Waals surface area contributed by atoms with Crippen LogP contribution in [0.4, 0.5) is 11.5 Å². The topological polar surface area (TPSA) is 45.2 Å². The molecular formula is C10H12BrN3O. The molecule has 1 N–H and O–H groups in total. The molecule has 0 saturated carbocycles. The van der Waals surface area contributed by atoms with Crippen LogP contribution in [0.3, 0.4) is 0 Å². The summed E-state index contributed by atoms with van der Waals surface area (Å²) in [7, 11) is 0. The van der Waals surface area contributed by atoms with Gasteiger partial charge in [-0.05, 0) is 35.0 Å². The molecule has 0 spiro atoms. The second-order valence-corrected chi connectivity index (χ2v) is 4.43. The molecule has 1 aromatic rings. The molecule has 2 heterocycles. The third kappa shape index (κ3) is 1.84. The average Bonchev–Trinajstić information content (AvgIpc) is 2.17. The number of halogens is 1. The zero-order valence-electron chi connectivity index (χ0n) is 8.62. The molecule has 1 amide bonds. The maximum absolute atomic E-state index is 11.5. The summed E-state index contributed by atoms with van der Waals surface area (Å²) in [6, 6.07) is 3.91. The van der Waals surface area contributed by atoms with Crippen molar-refractivity contribution in [3.05, 3.63) is 16.7 Å². The Morgan fingerprint density at radius 2 is 2.40 bits per heavy atom. The van der Waals surface area contributed by atoms with E-state index in [1.165, 1.54) is 0 Å². The Bertz CT molecular complexity index is 408. The van der Waals surface area contributed by atoms with E-state index < -0.39 is 0 Å². The van der Waals surface area contributed by atoms with Crippen LogP contribution in [0.25, 0.3) is 0 Å². The van der Waals surface area contributed by atoms with Gasteiger partial charge in [-0.3, -0.25) is 4.79 Å². The summed E-state index contributed by atoms with van der Waals surface area (Å²) in [5.41, 5.74) is 0.851. The van der Waals surface area contributed by atoms with Crippen molar-refractivity contribution in [2.75, 3.05) is 16.8 Å². The summed E-state index contributed by atoms with van der Waals surface area (Å²) in [6.07, 6.45) is 0. The molecule has 0 saturated heterocycles. The van der Waals surface area contributed by atoms with E-state index in [0.29, 0.717) is 0 Å². The van der Waals surface area contributed by atoms with Gasteiger partial charge in [-0.1, -0.05) is 0 Å². The van der Waals surface area contributed by atoms with Crippen LogP contribution >= 0.6 is 15.9 Å². The van der Waals surface area contributed by atoms with Crippen molar-refractivity contribution in [3.63, 3.8) is 0 Å². The van der Waals surface area contributed by atoms with Gasteiger partial charge in [0.15, 0.2) is 5.82 Å². The van der Waals surface area contributed by atoms with Crippen molar-refractivity contribution < 1.29 is 4.79 Å². The van der Waals surface area contributed by atoms with Crippen LogP contribution in [0.15, 0.2) is 16.7 Å². The Balaban J connectivity index is 2.48. The average molecular weight is 270 g/mol. The van der Waals surface area contributed by atoms with Gasteiger partial charge in [-0.15, -0.1) is 0 Å². The summed E-state index contributed by atoms with van der Waals surface area (Å²) < 4.78 is 0.770. The molecule has 4 nitrogen and oxygen atoms in total. The van der Waals surface area contributed by atoms with Gasteiger partial charge in [0.1, 0.15) is 4.60 Å². The van der Waals surface area contributed by atoms with Crippen molar-refractivity contribution in [2.45, 2.75) is 19.9 Å². The lowest BCUT2D eigenvalue weighted by Crippen LogP contribution is -2.45. The SMILES string of the molecule is CC(=O)N1c2ccc(Br)nc2NCC1C. The maximum Gasteiger partial charge on any atom is 0.224 e. The summed E-state index contributed by atoms with van der Waals surface area (Å²) >= 11 is 3.31. The molecule has 0 aliphatic carbocycles. The van der Waals surface area contributed by atoms with Gasteiger partial charge in [0.2, 0.25) is 5.91 Å². The fourth-order valence-corrected chi connectivity index (χ4v) is 2.12. The highest BCUT2D eigenvalue weighted by molar-refractivity contribution is 9.10. The predicted molar refractivity (Wildman–Crippen MR) is 63.0 cm³/mol. The van der Waals surface area contributed by atoms with Gasteiger partial charge >= 0.3 is 0 Å². The summed E-state index contributed by atoms with van der Waals surface area (Å²) in [5, 5.41) is 3.20. The van der Waals surface area contributed by atoms with Crippen LogP contribution in [-0.4, -0.2) is 23.5 Å². The Labute approximate surface area is 96.8 Å². The second-order valence-electron chi connectivity index (χ2n) is 3.62. The minimum Gasteiger partial charge on any atom is -0.366 e. The number of aromatic nitrogens is 1. The van der Waals surface area contributed by atoms with Crippen LogP contribution in [0.1, 0.15) is 13.8 Å². The molecule has 0 bridgehead atoms. The van der Waals surface area contributed by atoms with Gasteiger partial charge in [-0.2, -0.15) is 0 Å². The first kappa shape index (κ1) is 10.4. The van der Waals surface area contributed by atoms with Gasteiger partial charge in [-0.25, -0.2) is 4.98 Å². The van der Waals surface area contributed by atoms with E-state index in [4.69, 9.17) is 0 Å². The first-order chi connectivity index (χ1) is 7.09. The van der Waals surface area contributed by atoms with E-state index in [1.807, 2.05) is 19.1 Å². The quantitative estimate of drug-likeness (QED) is 0.733. The number of anilines is 2. The number of pyridine rings is 1. The smallest absolute Gasteiger partial charge is 0.224 e. The molecule has 5 heteroatoms. The third-order valence-electron chi connectivity index (χ3n) is 2.44. The molecule has 1 unspecified atom stereocenters. The summed E-state index contributed by atoms with van der Waals surface area (Å²) in [4.78, 5) is 17.6. The van der Waals surface area contributed by atoms with Crippen molar-refractivity contribution in [2.24, 2.45) is 0 Å². The standard InChI is InChI=1S/C10H12BrN3O/c1-6-5-12-10-8(14(6)7(2)15)3-4-9(11)13-10/h3-4,6H,5H2,1-2H3,(H,12,13). The van der Waals surface area contributed by atoms with Crippen LogP contribution in [0.5, 0.6) is 0 Å². The molecule has 1 aliphatic rings. The fourth-order valence-electron chi connectivity index (χ4n) is 1.81. The van der Waals surface area contributed by atoms with E-state index in [2.05, 4.69) is 26.2 Å². The molecule has 0 aromatic carbocycles. The number of hydrogen-bond acceptors (Lipinski definition) is 3. The monoisotopic (exact) mass is 269 g/mol. The molecule has 0 radical (unpaired) electrons. The fraction of sp³-hybridized carbons (Fsp3) is 0.400. The minimum absolute atomic E-state index is 0.0503. The van der Waals surface area contributed by atoms with Crippen LogP contribution < -0.4 is 10.2 Å². The molecule has 15 heavy (non-hydrogen) atoms. The molecule has 80 valence electrons. The number of carbonyl (C=O) groups excluding carboxylic acids is 1. The maximum atomic E-state index is 11.5. The minimum atomic E-state index is 0.0503. The molecule has 1 aromatic heterocycles. The Morgan fingerprint density at radius 3 is 3.07 bits per heavy atom. The lowest BCUT2D eigenvalue weighted by molar-refractivity contribution is -0.116. The lowest BCUT2D eigenvalue weighted by Gasteiger charge is -2.34. The highest BCUT2D eigenvalue weighted by Crippen LogP contribution is 2.31. The molecular weight excluding hydrogens is 258 g/mol. The number of rotatable bonds is 0. The Hall–Kier alpha value is -1.10. The summed E-state index contributed by atoms with van der Waals surface area (Å²) in [5.74, 6) is 0.812. The van der Waals surface area contributed by atoms with Gasteiger partial charge in [0.05, 0.1) is 11.7 Å². The largest absolute Gasteiger partial charge is 0.366 e. The lowest BCUT2D eigenvalue weighted by atomic mass is 10.2. The number of fused-ring (bicyclic) bond motifs is 1. The van der Waals surface area contributed by atoms with Crippen molar-refractivity contribution in [3.8, 4) is 0 Å². The van der Waals surface area contributed by atoms with Crippen LogP contribution in [-0.2, 0) is 4.79 Å². The van der Waals surface area contributed by atoms with E-state index in [-0.39, 0.29) is 11.9 Å². The zero-order valence-corrected chi connectivity index (χ0v) is 10.2. The van der Waals surface area contributed by atoms with Gasteiger partial charge in [0.25, 0.3) is 0 Å². The predicted octanol–water partition coefficient (Wildman–Crippen LogP) is 2.01. The number of nitrogens with one attached hydrogen (secondary N) is 1. The van der Waals surface area contributed by atoms with Crippen molar-refractivity contribution >= 4 is 33.3 Å². The third-order valence-corrected chi connectivity index (χ3v) is 2.89. The number of hydrogen-bond donors (Lipinski definition) is 1. The molecule has 1 aliphatic heterocycles. The van der Waals surface area contributed by atoms with Gasteiger partial charge in [0, 0.05) is 13.5 Å². The van der Waals surface area contributed by atoms with E-state index in [1.54, 1.807) is 11.8 Å². The first-order valence-corrected chi connectivity index (χ1v) is 5.59. The summed E-state index contributed by atoms with van der Waals surface area (Å²) in [6.45, 7) is 4.32. The highest BCUT2D eigenvalue weighted by Gasteiger charge is 2.26. The van der Waals surface area contributed by atoms with Crippen molar-refractivity contribution in [1.82, 2.24) is 4.98 Å². The Morgan fingerprint density at radius 1 is 1.67 bits per heavy atom.